The summed E-state index contributed by atoms with van der Waals surface area (Å²) in [6, 6.07) is 6.07. The number of hydrogen-bond donors (Lipinski definition) is 2. The Morgan fingerprint density at radius 1 is 1.29 bits per heavy atom. The molecule has 0 aliphatic carbocycles. The molecule has 1 fully saturated rings. The molecule has 1 aromatic carbocycles. The second-order valence-corrected chi connectivity index (χ2v) is 5.24. The van der Waals surface area contributed by atoms with Crippen molar-refractivity contribution in [3.8, 4) is 11.5 Å². The SMILES string of the molecule is CCOc1ccc(C(NN)C2CCOC2C)cc1OCC. The minimum atomic E-state index is 0.0531. The molecule has 0 bridgehead atoms. The maximum atomic E-state index is 5.79. The number of benzene rings is 1. The summed E-state index contributed by atoms with van der Waals surface area (Å²) in [5.74, 6) is 7.69. The fourth-order valence-electron chi connectivity index (χ4n) is 2.91. The van der Waals surface area contributed by atoms with E-state index in [1.165, 1.54) is 0 Å². The molecule has 2 rings (SSSR count). The zero-order chi connectivity index (χ0) is 15.2. The monoisotopic (exact) mass is 294 g/mol. The van der Waals surface area contributed by atoms with Crippen molar-refractivity contribution in [2.45, 2.75) is 39.3 Å². The Balaban J connectivity index is 2.26. The first-order valence-electron chi connectivity index (χ1n) is 7.68. The van der Waals surface area contributed by atoms with E-state index >= 15 is 0 Å². The Morgan fingerprint density at radius 3 is 2.57 bits per heavy atom. The van der Waals surface area contributed by atoms with Crippen molar-refractivity contribution >= 4 is 0 Å². The molecule has 1 aliphatic rings. The van der Waals surface area contributed by atoms with E-state index in [1.807, 2.05) is 32.0 Å². The van der Waals surface area contributed by atoms with Crippen LogP contribution in [0.25, 0.3) is 0 Å². The van der Waals surface area contributed by atoms with Gasteiger partial charge in [0.25, 0.3) is 0 Å². The van der Waals surface area contributed by atoms with Gasteiger partial charge in [-0.25, -0.2) is 0 Å². The van der Waals surface area contributed by atoms with Gasteiger partial charge in [0.15, 0.2) is 11.5 Å². The Bertz CT molecular complexity index is 453. The number of nitrogens with two attached hydrogens (primary N) is 1. The van der Waals surface area contributed by atoms with Crippen LogP contribution in [0, 0.1) is 5.92 Å². The summed E-state index contributed by atoms with van der Waals surface area (Å²) in [6.07, 6.45) is 1.21. The number of nitrogens with one attached hydrogen (secondary N) is 1. The van der Waals surface area contributed by atoms with E-state index in [-0.39, 0.29) is 12.1 Å². The third-order valence-corrected chi connectivity index (χ3v) is 3.97. The molecule has 5 heteroatoms. The van der Waals surface area contributed by atoms with Crippen LogP contribution in [-0.2, 0) is 4.74 Å². The summed E-state index contributed by atoms with van der Waals surface area (Å²) < 4.78 is 17.0. The molecule has 0 amide bonds. The van der Waals surface area contributed by atoms with Gasteiger partial charge in [-0.1, -0.05) is 6.07 Å². The van der Waals surface area contributed by atoms with Gasteiger partial charge in [-0.2, -0.15) is 0 Å². The van der Waals surface area contributed by atoms with Gasteiger partial charge in [-0.15, -0.1) is 0 Å². The molecule has 0 spiro atoms. The molecule has 118 valence electrons. The van der Waals surface area contributed by atoms with E-state index < -0.39 is 0 Å². The molecule has 0 saturated carbocycles. The summed E-state index contributed by atoms with van der Waals surface area (Å²) in [5.41, 5.74) is 4.04. The Hall–Kier alpha value is -1.30. The normalized spacial score (nSPS) is 23.0. The zero-order valence-electron chi connectivity index (χ0n) is 13.1. The third kappa shape index (κ3) is 3.67. The van der Waals surface area contributed by atoms with Crippen molar-refractivity contribution in [2.75, 3.05) is 19.8 Å². The molecule has 3 N–H and O–H groups in total. The van der Waals surface area contributed by atoms with Crippen LogP contribution < -0.4 is 20.7 Å². The summed E-state index contributed by atoms with van der Waals surface area (Å²) in [5, 5.41) is 0. The highest BCUT2D eigenvalue weighted by atomic mass is 16.5. The Kier molecular flexibility index (Phi) is 5.85. The minimum Gasteiger partial charge on any atom is -0.490 e. The highest BCUT2D eigenvalue weighted by Gasteiger charge is 2.32. The van der Waals surface area contributed by atoms with E-state index in [0.717, 1.165) is 30.1 Å². The molecule has 0 aromatic heterocycles. The Morgan fingerprint density at radius 2 is 2.00 bits per heavy atom. The molecule has 5 nitrogen and oxygen atoms in total. The van der Waals surface area contributed by atoms with Gasteiger partial charge in [-0.3, -0.25) is 11.3 Å². The number of ether oxygens (including phenoxy) is 3. The predicted molar refractivity (Wildman–Crippen MR) is 82.4 cm³/mol. The van der Waals surface area contributed by atoms with Gasteiger partial charge in [-0.05, 0) is 44.9 Å². The topological polar surface area (TPSA) is 65.7 Å². The van der Waals surface area contributed by atoms with Crippen LogP contribution in [0.3, 0.4) is 0 Å². The lowest BCUT2D eigenvalue weighted by atomic mass is 9.88. The summed E-state index contributed by atoms with van der Waals surface area (Å²) in [6.45, 7) is 8.04. The van der Waals surface area contributed by atoms with Crippen molar-refractivity contribution in [1.29, 1.82) is 0 Å². The molecule has 3 unspecified atom stereocenters. The first-order valence-corrected chi connectivity index (χ1v) is 7.68. The minimum absolute atomic E-state index is 0.0531. The zero-order valence-corrected chi connectivity index (χ0v) is 13.1. The number of hydrazine groups is 1. The van der Waals surface area contributed by atoms with Crippen molar-refractivity contribution in [3.63, 3.8) is 0 Å². The lowest BCUT2D eigenvalue weighted by Gasteiger charge is -2.26. The van der Waals surface area contributed by atoms with Crippen LogP contribution in [0.15, 0.2) is 18.2 Å². The summed E-state index contributed by atoms with van der Waals surface area (Å²) in [7, 11) is 0. The highest BCUT2D eigenvalue weighted by molar-refractivity contribution is 5.44. The molecular formula is C16H26N2O3. The van der Waals surface area contributed by atoms with Crippen LogP contribution in [0.5, 0.6) is 11.5 Å². The maximum Gasteiger partial charge on any atom is 0.161 e. The van der Waals surface area contributed by atoms with Crippen LogP contribution in [0.2, 0.25) is 0 Å². The largest absolute Gasteiger partial charge is 0.490 e. The molecule has 1 aliphatic heterocycles. The lowest BCUT2D eigenvalue weighted by Crippen LogP contribution is -2.36. The molecule has 1 saturated heterocycles. The van der Waals surface area contributed by atoms with E-state index in [4.69, 9.17) is 20.1 Å². The molecule has 0 radical (unpaired) electrons. The van der Waals surface area contributed by atoms with Crippen LogP contribution in [-0.4, -0.2) is 25.9 Å². The van der Waals surface area contributed by atoms with Crippen LogP contribution >= 0.6 is 0 Å². The predicted octanol–water partition coefficient (Wildman–Crippen LogP) is 2.41. The average molecular weight is 294 g/mol. The van der Waals surface area contributed by atoms with Crippen molar-refractivity contribution in [3.05, 3.63) is 23.8 Å². The fourth-order valence-corrected chi connectivity index (χ4v) is 2.91. The maximum absolute atomic E-state index is 5.79. The number of rotatable bonds is 7. The summed E-state index contributed by atoms with van der Waals surface area (Å²) >= 11 is 0. The van der Waals surface area contributed by atoms with Crippen LogP contribution in [0.1, 0.15) is 38.8 Å². The van der Waals surface area contributed by atoms with Gasteiger partial charge >= 0.3 is 0 Å². The lowest BCUT2D eigenvalue weighted by molar-refractivity contribution is 0.0953. The highest BCUT2D eigenvalue weighted by Crippen LogP contribution is 2.37. The van der Waals surface area contributed by atoms with Crippen molar-refractivity contribution in [2.24, 2.45) is 11.8 Å². The average Bonchev–Trinajstić information content (AvgIpc) is 2.89. The standard InChI is InChI=1S/C16H26N2O3/c1-4-19-14-7-6-12(10-15(14)20-5-2)16(18-17)13-8-9-21-11(13)3/h6-7,10-11,13,16,18H,4-5,8-9,17H2,1-3H3. The summed E-state index contributed by atoms with van der Waals surface area (Å²) in [4.78, 5) is 0. The molecule has 1 heterocycles. The quantitative estimate of drug-likeness (QED) is 0.597. The number of hydrogen-bond acceptors (Lipinski definition) is 5. The molecular weight excluding hydrogens is 268 g/mol. The Labute approximate surface area is 126 Å². The first-order chi connectivity index (χ1) is 10.2. The fraction of sp³-hybridized carbons (Fsp3) is 0.625. The van der Waals surface area contributed by atoms with E-state index in [2.05, 4.69) is 12.3 Å². The van der Waals surface area contributed by atoms with Crippen molar-refractivity contribution < 1.29 is 14.2 Å². The van der Waals surface area contributed by atoms with Crippen LogP contribution in [0.4, 0.5) is 0 Å². The molecule has 21 heavy (non-hydrogen) atoms. The van der Waals surface area contributed by atoms with Crippen molar-refractivity contribution in [1.82, 2.24) is 5.43 Å². The van der Waals surface area contributed by atoms with Gasteiger partial charge < -0.3 is 14.2 Å². The van der Waals surface area contributed by atoms with E-state index in [9.17, 15) is 0 Å². The molecule has 1 aromatic rings. The molecule has 3 atom stereocenters. The third-order valence-electron chi connectivity index (χ3n) is 3.97. The first kappa shape index (κ1) is 16.1. The second-order valence-electron chi connectivity index (χ2n) is 5.24. The van der Waals surface area contributed by atoms with Gasteiger partial charge in [0.05, 0.1) is 25.4 Å². The second kappa shape index (κ2) is 7.64. The van der Waals surface area contributed by atoms with Gasteiger partial charge in [0, 0.05) is 12.5 Å². The van der Waals surface area contributed by atoms with Gasteiger partial charge in [0.1, 0.15) is 0 Å². The van der Waals surface area contributed by atoms with E-state index in [0.29, 0.717) is 19.1 Å². The van der Waals surface area contributed by atoms with E-state index in [1.54, 1.807) is 0 Å². The van der Waals surface area contributed by atoms with Gasteiger partial charge in [0.2, 0.25) is 0 Å². The smallest absolute Gasteiger partial charge is 0.161 e.